The summed E-state index contributed by atoms with van der Waals surface area (Å²) < 4.78 is 5.48. The highest BCUT2D eigenvalue weighted by atomic mass is 16.5. The Hall–Kier alpha value is -0.980. The van der Waals surface area contributed by atoms with Gasteiger partial charge in [-0.3, -0.25) is 0 Å². The van der Waals surface area contributed by atoms with Crippen molar-refractivity contribution in [3.05, 3.63) is 37.1 Å². The summed E-state index contributed by atoms with van der Waals surface area (Å²) >= 11 is 0. The highest BCUT2D eigenvalue weighted by molar-refractivity contribution is 5.10. The van der Waals surface area contributed by atoms with Crippen LogP contribution in [0.25, 0.3) is 0 Å². The lowest BCUT2D eigenvalue weighted by Gasteiger charge is -2.18. The number of fused-ring (bicyclic) bond motifs is 2. The second kappa shape index (κ2) is 3.41. The summed E-state index contributed by atoms with van der Waals surface area (Å²) in [6.07, 6.45) is 9.01. The standard InChI is InChI=1S/C12H16O/c1-3-9(2)13-8-12-7-10-4-5-11(12)6-10/h3-5,10-12H,1-2,6-8H2. The van der Waals surface area contributed by atoms with Gasteiger partial charge < -0.3 is 4.74 Å². The molecule has 3 atom stereocenters. The van der Waals surface area contributed by atoms with E-state index >= 15 is 0 Å². The maximum atomic E-state index is 5.48. The number of ether oxygens (including phenoxy) is 1. The van der Waals surface area contributed by atoms with Gasteiger partial charge in [-0.15, -0.1) is 0 Å². The van der Waals surface area contributed by atoms with Crippen molar-refractivity contribution in [2.45, 2.75) is 12.8 Å². The second-order valence-electron chi connectivity index (χ2n) is 4.02. The van der Waals surface area contributed by atoms with Gasteiger partial charge in [0.1, 0.15) is 5.76 Å². The Balaban J connectivity index is 1.81. The minimum Gasteiger partial charge on any atom is -0.494 e. The lowest BCUT2D eigenvalue weighted by molar-refractivity contribution is 0.161. The Kier molecular flexibility index (Phi) is 2.26. The average molecular weight is 176 g/mol. The van der Waals surface area contributed by atoms with E-state index in [0.29, 0.717) is 11.7 Å². The molecule has 0 saturated heterocycles. The molecule has 0 aromatic rings. The molecule has 0 aromatic heterocycles. The Bertz CT molecular complexity index is 252. The molecule has 1 fully saturated rings. The van der Waals surface area contributed by atoms with Crippen LogP contribution in [0.15, 0.2) is 37.1 Å². The van der Waals surface area contributed by atoms with Crippen LogP contribution in [-0.2, 0) is 4.74 Å². The van der Waals surface area contributed by atoms with Gasteiger partial charge in [-0.05, 0) is 36.7 Å². The minimum atomic E-state index is 0.701. The maximum Gasteiger partial charge on any atom is 0.111 e. The molecule has 2 aliphatic rings. The van der Waals surface area contributed by atoms with Gasteiger partial charge in [0, 0.05) is 0 Å². The van der Waals surface area contributed by atoms with Crippen molar-refractivity contribution >= 4 is 0 Å². The van der Waals surface area contributed by atoms with E-state index in [1.165, 1.54) is 12.8 Å². The van der Waals surface area contributed by atoms with E-state index in [2.05, 4.69) is 25.3 Å². The molecule has 13 heavy (non-hydrogen) atoms. The summed E-state index contributed by atoms with van der Waals surface area (Å²) in [5, 5.41) is 0. The molecular formula is C12H16O. The van der Waals surface area contributed by atoms with Crippen LogP contribution in [0.1, 0.15) is 12.8 Å². The van der Waals surface area contributed by atoms with Gasteiger partial charge in [0.25, 0.3) is 0 Å². The topological polar surface area (TPSA) is 9.23 Å². The molecule has 2 bridgehead atoms. The van der Waals surface area contributed by atoms with E-state index in [1.54, 1.807) is 6.08 Å². The van der Waals surface area contributed by atoms with Crippen LogP contribution in [0.3, 0.4) is 0 Å². The zero-order valence-corrected chi connectivity index (χ0v) is 7.91. The van der Waals surface area contributed by atoms with Gasteiger partial charge in [-0.25, -0.2) is 0 Å². The fraction of sp³-hybridized carbons (Fsp3) is 0.500. The summed E-state index contributed by atoms with van der Waals surface area (Å²) in [7, 11) is 0. The highest BCUT2D eigenvalue weighted by Gasteiger charge is 2.35. The molecule has 2 aliphatic carbocycles. The molecule has 3 unspecified atom stereocenters. The third kappa shape index (κ3) is 1.69. The van der Waals surface area contributed by atoms with Gasteiger partial charge in [0.2, 0.25) is 0 Å². The third-order valence-corrected chi connectivity index (χ3v) is 3.13. The first kappa shape index (κ1) is 8.61. The fourth-order valence-electron chi connectivity index (χ4n) is 2.36. The molecule has 0 heterocycles. The van der Waals surface area contributed by atoms with Crippen LogP contribution < -0.4 is 0 Å². The largest absolute Gasteiger partial charge is 0.494 e. The summed E-state index contributed by atoms with van der Waals surface area (Å²) in [6, 6.07) is 0. The van der Waals surface area contributed by atoms with Crippen molar-refractivity contribution in [2.75, 3.05) is 6.61 Å². The number of hydrogen-bond acceptors (Lipinski definition) is 1. The average Bonchev–Trinajstić information content (AvgIpc) is 2.74. The zero-order valence-electron chi connectivity index (χ0n) is 7.91. The smallest absolute Gasteiger partial charge is 0.111 e. The van der Waals surface area contributed by atoms with Crippen LogP contribution in [0, 0.1) is 17.8 Å². The monoisotopic (exact) mass is 176 g/mol. The number of hydrogen-bond donors (Lipinski definition) is 0. The van der Waals surface area contributed by atoms with Crippen molar-refractivity contribution in [3.63, 3.8) is 0 Å². The predicted octanol–water partition coefficient (Wildman–Crippen LogP) is 2.91. The van der Waals surface area contributed by atoms with Gasteiger partial charge in [-0.2, -0.15) is 0 Å². The first-order valence-electron chi connectivity index (χ1n) is 4.92. The van der Waals surface area contributed by atoms with Gasteiger partial charge in [0.05, 0.1) is 6.61 Å². The summed E-state index contributed by atoms with van der Waals surface area (Å²) in [4.78, 5) is 0. The van der Waals surface area contributed by atoms with Crippen molar-refractivity contribution in [1.29, 1.82) is 0 Å². The molecule has 0 amide bonds. The van der Waals surface area contributed by atoms with Crippen molar-refractivity contribution in [3.8, 4) is 0 Å². The van der Waals surface area contributed by atoms with E-state index in [0.717, 1.165) is 18.4 Å². The quantitative estimate of drug-likeness (QED) is 0.363. The second-order valence-corrected chi connectivity index (χ2v) is 4.02. The number of allylic oxidation sites excluding steroid dienone is 3. The molecule has 0 spiro atoms. The SMILES string of the molecule is C=CC(=C)OCC1CC2C=CC1C2. The van der Waals surface area contributed by atoms with E-state index < -0.39 is 0 Å². The highest BCUT2D eigenvalue weighted by Crippen LogP contribution is 2.43. The first-order valence-corrected chi connectivity index (χ1v) is 4.92. The molecule has 1 heteroatoms. The summed E-state index contributed by atoms with van der Waals surface area (Å²) in [5.74, 6) is 3.01. The Labute approximate surface area is 79.8 Å². The summed E-state index contributed by atoms with van der Waals surface area (Å²) in [5.41, 5.74) is 0. The lowest BCUT2D eigenvalue weighted by atomic mass is 9.95. The van der Waals surface area contributed by atoms with E-state index in [-0.39, 0.29) is 0 Å². The first-order chi connectivity index (χ1) is 6.29. The van der Waals surface area contributed by atoms with E-state index in [1.807, 2.05) is 0 Å². The summed E-state index contributed by atoms with van der Waals surface area (Å²) in [6.45, 7) is 8.17. The van der Waals surface area contributed by atoms with Gasteiger partial charge in [0.15, 0.2) is 0 Å². The van der Waals surface area contributed by atoms with Crippen LogP contribution in [0.5, 0.6) is 0 Å². The molecule has 1 nitrogen and oxygen atoms in total. The van der Waals surface area contributed by atoms with E-state index in [9.17, 15) is 0 Å². The van der Waals surface area contributed by atoms with Crippen molar-refractivity contribution < 1.29 is 4.74 Å². The third-order valence-electron chi connectivity index (χ3n) is 3.13. The van der Waals surface area contributed by atoms with Crippen LogP contribution >= 0.6 is 0 Å². The molecule has 70 valence electrons. The molecule has 2 rings (SSSR count). The van der Waals surface area contributed by atoms with Gasteiger partial charge in [-0.1, -0.05) is 25.3 Å². The number of rotatable bonds is 4. The Morgan fingerprint density at radius 1 is 1.46 bits per heavy atom. The normalized spacial score (nSPS) is 34.9. The fourth-order valence-corrected chi connectivity index (χ4v) is 2.36. The van der Waals surface area contributed by atoms with Crippen molar-refractivity contribution in [1.82, 2.24) is 0 Å². The molecule has 0 N–H and O–H groups in total. The maximum absolute atomic E-state index is 5.48. The molecule has 0 aliphatic heterocycles. The lowest BCUT2D eigenvalue weighted by Crippen LogP contribution is -2.13. The van der Waals surface area contributed by atoms with Crippen LogP contribution in [0.4, 0.5) is 0 Å². The molecular weight excluding hydrogens is 160 g/mol. The van der Waals surface area contributed by atoms with Crippen LogP contribution in [0.2, 0.25) is 0 Å². The van der Waals surface area contributed by atoms with Crippen molar-refractivity contribution in [2.24, 2.45) is 17.8 Å². The Morgan fingerprint density at radius 3 is 2.85 bits per heavy atom. The zero-order chi connectivity index (χ0) is 9.26. The molecule has 0 radical (unpaired) electrons. The Morgan fingerprint density at radius 2 is 2.31 bits per heavy atom. The predicted molar refractivity (Wildman–Crippen MR) is 54.1 cm³/mol. The minimum absolute atomic E-state index is 0.701. The molecule has 0 aromatic carbocycles. The van der Waals surface area contributed by atoms with Crippen LogP contribution in [-0.4, -0.2) is 6.61 Å². The van der Waals surface area contributed by atoms with Gasteiger partial charge >= 0.3 is 0 Å². The molecule has 1 saturated carbocycles. The van der Waals surface area contributed by atoms with E-state index in [4.69, 9.17) is 4.74 Å².